The number of nitrogen functional groups attached to an aromatic ring is 1. The minimum absolute atomic E-state index is 0.0489. The summed E-state index contributed by atoms with van der Waals surface area (Å²) in [5.41, 5.74) is 7.31. The number of carbonyl (C=O) groups excluding carboxylic acids is 1. The highest BCUT2D eigenvalue weighted by molar-refractivity contribution is 5.85. The van der Waals surface area contributed by atoms with E-state index in [0.717, 1.165) is 5.56 Å². The van der Waals surface area contributed by atoms with Gasteiger partial charge in [-0.2, -0.15) is 4.98 Å². The second kappa shape index (κ2) is 5.34. The van der Waals surface area contributed by atoms with Gasteiger partial charge in [0.1, 0.15) is 5.75 Å². The van der Waals surface area contributed by atoms with Gasteiger partial charge >= 0.3 is 5.97 Å². The Labute approximate surface area is 110 Å². The summed E-state index contributed by atoms with van der Waals surface area (Å²) >= 11 is 0. The van der Waals surface area contributed by atoms with E-state index in [-0.39, 0.29) is 11.7 Å². The molecule has 1 heterocycles. The fraction of sp³-hybridized carbons (Fsp3) is 0.154. The molecule has 0 aliphatic rings. The SMILES string of the molecule is COC(=O)c1nccc(Oc2ccc(N)c(C)c2)n1. The van der Waals surface area contributed by atoms with E-state index in [1.54, 1.807) is 24.3 Å². The van der Waals surface area contributed by atoms with Crippen LogP contribution in [0.15, 0.2) is 30.5 Å². The minimum atomic E-state index is -0.612. The zero-order valence-corrected chi connectivity index (χ0v) is 10.6. The summed E-state index contributed by atoms with van der Waals surface area (Å²) in [4.78, 5) is 19.0. The molecule has 6 nitrogen and oxygen atoms in total. The van der Waals surface area contributed by atoms with Gasteiger partial charge in [0.15, 0.2) is 0 Å². The number of methoxy groups -OCH3 is 1. The predicted octanol–water partition coefficient (Wildman–Crippen LogP) is 1.95. The first-order valence-electron chi connectivity index (χ1n) is 5.55. The fourth-order valence-corrected chi connectivity index (χ4v) is 1.42. The average molecular weight is 259 g/mol. The van der Waals surface area contributed by atoms with Gasteiger partial charge in [-0.3, -0.25) is 0 Å². The fourth-order valence-electron chi connectivity index (χ4n) is 1.42. The lowest BCUT2D eigenvalue weighted by Crippen LogP contribution is -2.07. The molecule has 2 aromatic rings. The number of hydrogen-bond donors (Lipinski definition) is 1. The topological polar surface area (TPSA) is 87.3 Å². The lowest BCUT2D eigenvalue weighted by atomic mass is 10.2. The molecule has 19 heavy (non-hydrogen) atoms. The zero-order valence-electron chi connectivity index (χ0n) is 10.6. The van der Waals surface area contributed by atoms with E-state index >= 15 is 0 Å². The van der Waals surface area contributed by atoms with Crippen molar-refractivity contribution in [3.63, 3.8) is 0 Å². The lowest BCUT2D eigenvalue weighted by molar-refractivity contribution is 0.0585. The van der Waals surface area contributed by atoms with E-state index in [9.17, 15) is 4.79 Å². The van der Waals surface area contributed by atoms with Gasteiger partial charge in [-0.1, -0.05) is 0 Å². The molecule has 1 aromatic carbocycles. The van der Waals surface area contributed by atoms with Crippen molar-refractivity contribution in [2.45, 2.75) is 6.92 Å². The highest BCUT2D eigenvalue weighted by Gasteiger charge is 2.10. The lowest BCUT2D eigenvalue weighted by Gasteiger charge is -2.07. The molecule has 0 amide bonds. The molecular weight excluding hydrogens is 246 g/mol. The molecule has 0 aliphatic heterocycles. The summed E-state index contributed by atoms with van der Waals surface area (Å²) in [6.45, 7) is 1.88. The minimum Gasteiger partial charge on any atom is -0.463 e. The summed E-state index contributed by atoms with van der Waals surface area (Å²) in [6, 6.07) is 6.81. The van der Waals surface area contributed by atoms with Crippen molar-refractivity contribution in [1.29, 1.82) is 0 Å². The summed E-state index contributed by atoms with van der Waals surface area (Å²) in [7, 11) is 1.27. The number of hydrogen-bond acceptors (Lipinski definition) is 6. The number of ether oxygens (including phenoxy) is 2. The number of aromatic nitrogens is 2. The van der Waals surface area contributed by atoms with Crippen molar-refractivity contribution in [2.75, 3.05) is 12.8 Å². The third kappa shape index (κ3) is 2.98. The van der Waals surface area contributed by atoms with Crippen LogP contribution in [0.2, 0.25) is 0 Å². The van der Waals surface area contributed by atoms with Gasteiger partial charge in [0.2, 0.25) is 11.7 Å². The first-order chi connectivity index (χ1) is 9.10. The molecule has 1 aromatic heterocycles. The number of carbonyl (C=O) groups is 1. The van der Waals surface area contributed by atoms with Gasteiger partial charge in [0, 0.05) is 18.0 Å². The maximum absolute atomic E-state index is 11.3. The van der Waals surface area contributed by atoms with Crippen LogP contribution < -0.4 is 10.5 Å². The van der Waals surface area contributed by atoms with E-state index in [4.69, 9.17) is 10.5 Å². The first kappa shape index (κ1) is 12.8. The molecule has 0 spiro atoms. The number of rotatable bonds is 3. The molecule has 0 fully saturated rings. The smallest absolute Gasteiger partial charge is 0.376 e. The standard InChI is InChI=1S/C13H13N3O3/c1-8-7-9(3-4-10(8)14)19-11-5-6-15-12(16-11)13(17)18-2/h3-7H,14H2,1-2H3. The van der Waals surface area contributed by atoms with Crippen LogP contribution in [0.5, 0.6) is 11.6 Å². The number of aryl methyl sites for hydroxylation is 1. The van der Waals surface area contributed by atoms with Crippen molar-refractivity contribution in [3.8, 4) is 11.6 Å². The molecule has 6 heteroatoms. The van der Waals surface area contributed by atoms with E-state index in [0.29, 0.717) is 11.4 Å². The Balaban J connectivity index is 2.23. The van der Waals surface area contributed by atoms with E-state index < -0.39 is 5.97 Å². The van der Waals surface area contributed by atoms with Gasteiger partial charge in [0.25, 0.3) is 0 Å². The highest BCUT2D eigenvalue weighted by Crippen LogP contribution is 2.23. The Morgan fingerprint density at radius 1 is 1.32 bits per heavy atom. The quantitative estimate of drug-likeness (QED) is 0.669. The maximum Gasteiger partial charge on any atom is 0.376 e. The molecule has 0 atom stereocenters. The van der Waals surface area contributed by atoms with Crippen molar-refractivity contribution in [3.05, 3.63) is 41.9 Å². The maximum atomic E-state index is 11.3. The largest absolute Gasteiger partial charge is 0.463 e. The number of nitrogens with zero attached hydrogens (tertiary/aromatic N) is 2. The van der Waals surface area contributed by atoms with Crippen LogP contribution in [0.25, 0.3) is 0 Å². The van der Waals surface area contributed by atoms with Crippen molar-refractivity contribution in [1.82, 2.24) is 9.97 Å². The van der Waals surface area contributed by atoms with Crippen LogP contribution in [0, 0.1) is 6.92 Å². The highest BCUT2D eigenvalue weighted by atomic mass is 16.5. The molecule has 0 saturated carbocycles. The van der Waals surface area contributed by atoms with Gasteiger partial charge in [0.05, 0.1) is 7.11 Å². The Bertz CT molecular complexity index is 614. The molecule has 98 valence electrons. The Kier molecular flexibility index (Phi) is 3.61. The summed E-state index contributed by atoms with van der Waals surface area (Å²) in [5, 5.41) is 0. The zero-order chi connectivity index (χ0) is 13.8. The molecule has 2 N–H and O–H groups in total. The van der Waals surface area contributed by atoms with Crippen molar-refractivity contribution < 1.29 is 14.3 Å². The summed E-state index contributed by atoms with van der Waals surface area (Å²) < 4.78 is 10.1. The number of nitrogens with two attached hydrogens (primary N) is 1. The molecule has 0 bridgehead atoms. The molecular formula is C13H13N3O3. The molecule has 0 saturated heterocycles. The van der Waals surface area contributed by atoms with Crippen LogP contribution in [0.3, 0.4) is 0 Å². The van der Waals surface area contributed by atoms with Crippen LogP contribution >= 0.6 is 0 Å². The van der Waals surface area contributed by atoms with Crippen LogP contribution in [0.4, 0.5) is 5.69 Å². The Morgan fingerprint density at radius 2 is 2.11 bits per heavy atom. The van der Waals surface area contributed by atoms with Crippen LogP contribution in [-0.2, 0) is 4.74 Å². The Morgan fingerprint density at radius 3 is 2.79 bits per heavy atom. The monoisotopic (exact) mass is 259 g/mol. The molecule has 0 unspecified atom stereocenters. The van der Waals surface area contributed by atoms with Crippen LogP contribution in [-0.4, -0.2) is 23.0 Å². The van der Waals surface area contributed by atoms with E-state index in [2.05, 4.69) is 14.7 Å². The van der Waals surface area contributed by atoms with Gasteiger partial charge in [-0.25, -0.2) is 9.78 Å². The second-order valence-corrected chi connectivity index (χ2v) is 3.83. The van der Waals surface area contributed by atoms with Crippen molar-refractivity contribution in [2.24, 2.45) is 0 Å². The normalized spacial score (nSPS) is 10.0. The second-order valence-electron chi connectivity index (χ2n) is 3.83. The third-order valence-corrected chi connectivity index (χ3v) is 2.46. The van der Waals surface area contributed by atoms with E-state index in [1.165, 1.54) is 13.3 Å². The Hall–Kier alpha value is -2.63. The van der Waals surface area contributed by atoms with Crippen LogP contribution in [0.1, 0.15) is 16.2 Å². The van der Waals surface area contributed by atoms with Crippen molar-refractivity contribution >= 4 is 11.7 Å². The number of esters is 1. The summed E-state index contributed by atoms with van der Waals surface area (Å²) in [5.74, 6) is 0.187. The third-order valence-electron chi connectivity index (χ3n) is 2.46. The van der Waals surface area contributed by atoms with Gasteiger partial charge in [-0.05, 0) is 30.7 Å². The first-order valence-corrected chi connectivity index (χ1v) is 5.55. The number of benzene rings is 1. The molecule has 0 aliphatic carbocycles. The summed E-state index contributed by atoms with van der Waals surface area (Å²) in [6.07, 6.45) is 1.43. The van der Waals surface area contributed by atoms with Gasteiger partial charge in [-0.15, -0.1) is 0 Å². The average Bonchev–Trinajstić information content (AvgIpc) is 2.42. The molecule has 0 radical (unpaired) electrons. The predicted molar refractivity (Wildman–Crippen MR) is 69.0 cm³/mol. The van der Waals surface area contributed by atoms with Gasteiger partial charge < -0.3 is 15.2 Å². The number of anilines is 1. The molecule has 2 rings (SSSR count). The van der Waals surface area contributed by atoms with E-state index in [1.807, 2.05) is 6.92 Å².